The van der Waals surface area contributed by atoms with Gasteiger partial charge in [-0.3, -0.25) is 14.4 Å². The van der Waals surface area contributed by atoms with Gasteiger partial charge in [0.1, 0.15) is 5.82 Å². The van der Waals surface area contributed by atoms with Crippen LogP contribution < -0.4 is 5.56 Å². The lowest BCUT2D eigenvalue weighted by Crippen LogP contribution is -2.17. The van der Waals surface area contributed by atoms with Gasteiger partial charge in [-0.05, 0) is 26.5 Å². The fourth-order valence-corrected chi connectivity index (χ4v) is 2.78. The van der Waals surface area contributed by atoms with Crippen molar-refractivity contribution in [1.82, 2.24) is 24.6 Å². The van der Waals surface area contributed by atoms with E-state index in [4.69, 9.17) is 0 Å². The molecular formula is C19H23N5O. The SMILES string of the molecule is Cc1nc(-c2ccc(CN(C)Cc3cnn(C)c3)cc2)[nH]c(=O)c1C. The van der Waals surface area contributed by atoms with E-state index < -0.39 is 0 Å². The lowest BCUT2D eigenvalue weighted by Gasteiger charge is -2.16. The van der Waals surface area contributed by atoms with Gasteiger partial charge in [0.25, 0.3) is 5.56 Å². The van der Waals surface area contributed by atoms with Crippen LogP contribution >= 0.6 is 0 Å². The number of hydrogen-bond acceptors (Lipinski definition) is 4. The predicted octanol–water partition coefficient (Wildman–Crippen LogP) is 2.42. The van der Waals surface area contributed by atoms with Crippen molar-refractivity contribution in [2.75, 3.05) is 7.05 Å². The van der Waals surface area contributed by atoms with Crippen LogP contribution in [0, 0.1) is 13.8 Å². The first-order valence-corrected chi connectivity index (χ1v) is 8.25. The lowest BCUT2D eigenvalue weighted by molar-refractivity contribution is 0.319. The minimum Gasteiger partial charge on any atom is -0.306 e. The van der Waals surface area contributed by atoms with Gasteiger partial charge >= 0.3 is 0 Å². The molecule has 1 N–H and O–H groups in total. The van der Waals surface area contributed by atoms with Crippen LogP contribution in [0.4, 0.5) is 0 Å². The first kappa shape index (κ1) is 17.1. The summed E-state index contributed by atoms with van der Waals surface area (Å²) in [7, 11) is 4.01. The monoisotopic (exact) mass is 337 g/mol. The van der Waals surface area contributed by atoms with E-state index in [0.29, 0.717) is 11.4 Å². The van der Waals surface area contributed by atoms with E-state index in [1.165, 1.54) is 11.1 Å². The van der Waals surface area contributed by atoms with Crippen LogP contribution in [0.2, 0.25) is 0 Å². The Morgan fingerprint density at radius 3 is 2.40 bits per heavy atom. The molecule has 0 radical (unpaired) electrons. The van der Waals surface area contributed by atoms with E-state index in [1.54, 1.807) is 6.92 Å². The lowest BCUT2D eigenvalue weighted by atomic mass is 10.1. The summed E-state index contributed by atoms with van der Waals surface area (Å²) in [5.41, 5.74) is 4.66. The predicted molar refractivity (Wildman–Crippen MR) is 98.1 cm³/mol. The zero-order valence-electron chi connectivity index (χ0n) is 15.1. The molecule has 130 valence electrons. The third-order valence-electron chi connectivity index (χ3n) is 4.29. The first-order chi connectivity index (χ1) is 11.9. The molecule has 3 rings (SSSR count). The first-order valence-electron chi connectivity index (χ1n) is 8.25. The molecule has 0 saturated heterocycles. The van der Waals surface area contributed by atoms with Crippen molar-refractivity contribution < 1.29 is 0 Å². The zero-order valence-corrected chi connectivity index (χ0v) is 15.1. The van der Waals surface area contributed by atoms with Gasteiger partial charge in [0.2, 0.25) is 0 Å². The summed E-state index contributed by atoms with van der Waals surface area (Å²) in [5.74, 6) is 0.614. The van der Waals surface area contributed by atoms with Gasteiger partial charge in [0.05, 0.1) is 6.20 Å². The van der Waals surface area contributed by atoms with Crippen LogP contribution in [0.5, 0.6) is 0 Å². The van der Waals surface area contributed by atoms with Crippen molar-refractivity contribution in [2.45, 2.75) is 26.9 Å². The normalized spacial score (nSPS) is 11.2. The Kier molecular flexibility index (Phi) is 4.81. The Morgan fingerprint density at radius 2 is 1.80 bits per heavy atom. The van der Waals surface area contributed by atoms with E-state index in [0.717, 1.165) is 24.3 Å². The number of benzene rings is 1. The van der Waals surface area contributed by atoms with Crippen molar-refractivity contribution in [2.24, 2.45) is 7.05 Å². The van der Waals surface area contributed by atoms with E-state index in [2.05, 4.69) is 39.1 Å². The average Bonchev–Trinajstić information content (AvgIpc) is 2.97. The average molecular weight is 337 g/mol. The Labute approximate surface area is 147 Å². The molecular weight excluding hydrogens is 314 g/mol. The smallest absolute Gasteiger partial charge is 0.254 e. The molecule has 0 aliphatic rings. The molecule has 2 heterocycles. The summed E-state index contributed by atoms with van der Waals surface area (Å²) in [5, 5.41) is 4.20. The van der Waals surface area contributed by atoms with Crippen LogP contribution in [0.25, 0.3) is 11.4 Å². The highest BCUT2D eigenvalue weighted by Gasteiger charge is 2.07. The maximum Gasteiger partial charge on any atom is 0.254 e. The summed E-state index contributed by atoms with van der Waals surface area (Å²) in [6.45, 7) is 5.33. The number of rotatable bonds is 5. The largest absolute Gasteiger partial charge is 0.306 e. The minimum absolute atomic E-state index is 0.0808. The van der Waals surface area contributed by atoms with Crippen LogP contribution in [0.1, 0.15) is 22.4 Å². The summed E-state index contributed by atoms with van der Waals surface area (Å²) >= 11 is 0. The molecule has 0 aliphatic heterocycles. The maximum absolute atomic E-state index is 11.9. The van der Waals surface area contributed by atoms with Gasteiger partial charge < -0.3 is 4.98 Å². The number of aromatic amines is 1. The molecule has 0 aliphatic carbocycles. The molecule has 0 spiro atoms. The number of aromatic nitrogens is 4. The summed E-state index contributed by atoms with van der Waals surface area (Å²) in [6, 6.07) is 8.15. The van der Waals surface area contributed by atoms with E-state index in [-0.39, 0.29) is 5.56 Å². The molecule has 3 aromatic rings. The molecule has 6 nitrogen and oxygen atoms in total. The Balaban J connectivity index is 1.71. The summed E-state index contributed by atoms with van der Waals surface area (Å²) in [6.07, 6.45) is 3.92. The highest BCUT2D eigenvalue weighted by molar-refractivity contribution is 5.55. The molecule has 1 aromatic carbocycles. The summed E-state index contributed by atoms with van der Waals surface area (Å²) in [4.78, 5) is 21.5. The number of nitrogens with one attached hydrogen (secondary N) is 1. The standard InChI is InChI=1S/C19H23N5O/c1-13-14(2)21-18(22-19(13)25)17-7-5-15(6-8-17)10-23(3)11-16-9-20-24(4)12-16/h5-9,12H,10-11H2,1-4H3,(H,21,22,25). The number of nitrogens with zero attached hydrogens (tertiary/aromatic N) is 4. The second-order valence-electron chi connectivity index (χ2n) is 6.52. The molecule has 0 unspecified atom stereocenters. The van der Waals surface area contributed by atoms with Crippen LogP contribution in [0.3, 0.4) is 0 Å². The van der Waals surface area contributed by atoms with Gasteiger partial charge in [0.15, 0.2) is 0 Å². The number of hydrogen-bond donors (Lipinski definition) is 1. The number of H-pyrrole nitrogens is 1. The summed E-state index contributed by atoms with van der Waals surface area (Å²) < 4.78 is 1.81. The highest BCUT2D eigenvalue weighted by atomic mass is 16.1. The van der Waals surface area contributed by atoms with Crippen LogP contribution in [-0.2, 0) is 20.1 Å². The molecule has 0 amide bonds. The fraction of sp³-hybridized carbons (Fsp3) is 0.316. The van der Waals surface area contributed by atoms with E-state index in [9.17, 15) is 4.79 Å². The van der Waals surface area contributed by atoms with Crippen LogP contribution in [-0.4, -0.2) is 31.7 Å². The van der Waals surface area contributed by atoms with Crippen LogP contribution in [0.15, 0.2) is 41.5 Å². The highest BCUT2D eigenvalue weighted by Crippen LogP contribution is 2.16. The number of aryl methyl sites for hydroxylation is 2. The van der Waals surface area contributed by atoms with E-state index in [1.807, 2.05) is 43.2 Å². The van der Waals surface area contributed by atoms with E-state index >= 15 is 0 Å². The third kappa shape index (κ3) is 4.03. The fourth-order valence-electron chi connectivity index (χ4n) is 2.78. The van der Waals surface area contributed by atoms with Crippen molar-refractivity contribution in [3.8, 4) is 11.4 Å². The second kappa shape index (κ2) is 7.03. The molecule has 0 saturated carbocycles. The molecule has 0 bridgehead atoms. The Morgan fingerprint density at radius 1 is 1.12 bits per heavy atom. The third-order valence-corrected chi connectivity index (χ3v) is 4.29. The van der Waals surface area contributed by atoms with Crippen molar-refractivity contribution >= 4 is 0 Å². The van der Waals surface area contributed by atoms with Gasteiger partial charge in [-0.2, -0.15) is 5.10 Å². The molecule has 2 aromatic heterocycles. The molecule has 0 atom stereocenters. The van der Waals surface area contributed by atoms with Gasteiger partial charge in [-0.15, -0.1) is 0 Å². The Bertz CT molecular complexity index is 924. The topological polar surface area (TPSA) is 66.8 Å². The van der Waals surface area contributed by atoms with Crippen molar-refractivity contribution in [1.29, 1.82) is 0 Å². The molecule has 6 heteroatoms. The van der Waals surface area contributed by atoms with Gasteiger partial charge in [-0.25, -0.2) is 4.98 Å². The second-order valence-corrected chi connectivity index (χ2v) is 6.52. The quantitative estimate of drug-likeness (QED) is 0.776. The van der Waals surface area contributed by atoms with Gasteiger partial charge in [-0.1, -0.05) is 24.3 Å². The molecule has 0 fully saturated rings. The zero-order chi connectivity index (χ0) is 18.0. The minimum atomic E-state index is -0.0808. The molecule has 25 heavy (non-hydrogen) atoms. The van der Waals surface area contributed by atoms with Gasteiger partial charge in [0, 0.05) is 48.7 Å². The maximum atomic E-state index is 11.9. The van der Waals surface area contributed by atoms with Crippen molar-refractivity contribution in [3.63, 3.8) is 0 Å². The van der Waals surface area contributed by atoms with Crippen molar-refractivity contribution in [3.05, 3.63) is 69.4 Å². The Hall–Kier alpha value is -2.73.